The van der Waals surface area contributed by atoms with Gasteiger partial charge in [0.25, 0.3) is 0 Å². The lowest BCUT2D eigenvalue weighted by Gasteiger charge is -2.23. The summed E-state index contributed by atoms with van der Waals surface area (Å²) in [6.45, 7) is 2.91. The number of hydrogen-bond donors (Lipinski definition) is 2. The second-order valence-corrected chi connectivity index (χ2v) is 6.91. The number of halogens is 2. The third-order valence-electron chi connectivity index (χ3n) is 4.63. The zero-order valence-corrected chi connectivity index (χ0v) is 14.9. The molecule has 0 aliphatic carbocycles. The maximum Gasteiger partial charge on any atom is 0.154 e. The van der Waals surface area contributed by atoms with Gasteiger partial charge in [0.2, 0.25) is 0 Å². The van der Waals surface area contributed by atoms with Crippen LogP contribution in [0.15, 0.2) is 36.7 Å². The van der Waals surface area contributed by atoms with Crippen molar-refractivity contribution in [2.24, 2.45) is 5.92 Å². The van der Waals surface area contributed by atoms with E-state index in [2.05, 4.69) is 20.6 Å². The van der Waals surface area contributed by atoms with Crippen LogP contribution in [-0.4, -0.2) is 34.6 Å². The summed E-state index contributed by atoms with van der Waals surface area (Å²) in [6, 6.07) is 6.44. The molecule has 0 spiro atoms. The molecule has 26 heavy (non-hydrogen) atoms. The molecule has 1 fully saturated rings. The number of fused-ring (bicyclic) bond motifs is 1. The van der Waals surface area contributed by atoms with E-state index in [1.807, 2.05) is 6.07 Å². The predicted molar refractivity (Wildman–Crippen MR) is 102 cm³/mol. The van der Waals surface area contributed by atoms with E-state index in [0.717, 1.165) is 36.2 Å². The summed E-state index contributed by atoms with van der Waals surface area (Å²) in [5, 5.41) is 6.93. The maximum atomic E-state index is 13.5. The van der Waals surface area contributed by atoms with Crippen LogP contribution in [0.5, 0.6) is 0 Å². The standard InChI is InChI=1S/C19H19ClFN5/c20-14-8-13(3-4-15(14)21)16-9-17-18(24-7-6-23-17)19(26-16)25-11-12-2-1-5-22-10-12/h3-4,6-9,12,22H,1-2,5,10-11H2,(H,25,26). The Hall–Kier alpha value is -2.31. The van der Waals surface area contributed by atoms with Crippen LogP contribution in [0.4, 0.5) is 10.2 Å². The molecule has 1 saturated heterocycles. The Balaban J connectivity index is 1.69. The number of piperidine rings is 1. The summed E-state index contributed by atoms with van der Waals surface area (Å²) < 4.78 is 13.5. The molecular weight excluding hydrogens is 353 g/mol. The molecule has 1 atom stereocenters. The first-order valence-electron chi connectivity index (χ1n) is 8.72. The average Bonchev–Trinajstić information content (AvgIpc) is 2.69. The van der Waals surface area contributed by atoms with Gasteiger partial charge >= 0.3 is 0 Å². The Morgan fingerprint density at radius 2 is 2.12 bits per heavy atom. The largest absolute Gasteiger partial charge is 0.368 e. The molecule has 0 radical (unpaired) electrons. The van der Waals surface area contributed by atoms with Crippen molar-refractivity contribution in [2.75, 3.05) is 25.0 Å². The average molecular weight is 372 g/mol. The van der Waals surface area contributed by atoms with E-state index in [1.54, 1.807) is 24.5 Å². The van der Waals surface area contributed by atoms with Gasteiger partial charge < -0.3 is 10.6 Å². The molecule has 0 saturated carbocycles. The van der Waals surface area contributed by atoms with Crippen molar-refractivity contribution in [1.82, 2.24) is 20.3 Å². The van der Waals surface area contributed by atoms with Crippen LogP contribution in [0.1, 0.15) is 12.8 Å². The Labute approximate surface area is 156 Å². The quantitative estimate of drug-likeness (QED) is 0.728. The van der Waals surface area contributed by atoms with Crippen LogP contribution in [0.25, 0.3) is 22.3 Å². The lowest BCUT2D eigenvalue weighted by molar-refractivity contribution is 0.392. The summed E-state index contributed by atoms with van der Waals surface area (Å²) >= 11 is 5.93. The van der Waals surface area contributed by atoms with E-state index in [1.165, 1.54) is 18.9 Å². The Morgan fingerprint density at radius 3 is 2.92 bits per heavy atom. The molecule has 4 rings (SSSR count). The van der Waals surface area contributed by atoms with Crippen LogP contribution in [0.3, 0.4) is 0 Å². The van der Waals surface area contributed by atoms with E-state index >= 15 is 0 Å². The van der Waals surface area contributed by atoms with Crippen molar-refractivity contribution < 1.29 is 4.39 Å². The molecule has 0 amide bonds. The lowest BCUT2D eigenvalue weighted by Crippen LogP contribution is -2.33. The fraction of sp³-hybridized carbons (Fsp3) is 0.316. The van der Waals surface area contributed by atoms with E-state index in [9.17, 15) is 4.39 Å². The summed E-state index contributed by atoms with van der Waals surface area (Å²) in [7, 11) is 0. The number of nitrogens with one attached hydrogen (secondary N) is 2. The SMILES string of the molecule is Fc1ccc(-c2cc3nccnc3c(NCC3CCCNC3)n2)cc1Cl. The third-order valence-corrected chi connectivity index (χ3v) is 4.92. The minimum Gasteiger partial charge on any atom is -0.368 e. The zero-order chi connectivity index (χ0) is 17.9. The zero-order valence-electron chi connectivity index (χ0n) is 14.2. The molecule has 1 aliphatic heterocycles. The van der Waals surface area contributed by atoms with Crippen molar-refractivity contribution in [3.05, 3.63) is 47.5 Å². The smallest absolute Gasteiger partial charge is 0.154 e. The van der Waals surface area contributed by atoms with Crippen molar-refractivity contribution >= 4 is 28.5 Å². The third kappa shape index (κ3) is 3.61. The molecule has 2 aromatic heterocycles. The van der Waals surface area contributed by atoms with E-state index in [0.29, 0.717) is 17.4 Å². The Kier molecular flexibility index (Phi) is 4.95. The van der Waals surface area contributed by atoms with E-state index < -0.39 is 5.82 Å². The highest BCUT2D eigenvalue weighted by molar-refractivity contribution is 6.31. The Morgan fingerprint density at radius 1 is 1.23 bits per heavy atom. The number of aromatic nitrogens is 3. The van der Waals surface area contributed by atoms with Gasteiger partial charge in [-0.2, -0.15) is 0 Å². The number of rotatable bonds is 4. The normalized spacial score (nSPS) is 17.4. The van der Waals surface area contributed by atoms with Crippen LogP contribution < -0.4 is 10.6 Å². The van der Waals surface area contributed by atoms with Crippen LogP contribution >= 0.6 is 11.6 Å². The number of hydrogen-bond acceptors (Lipinski definition) is 5. The van der Waals surface area contributed by atoms with Gasteiger partial charge in [-0.15, -0.1) is 0 Å². The first-order chi connectivity index (χ1) is 12.7. The van der Waals surface area contributed by atoms with Crippen molar-refractivity contribution in [1.29, 1.82) is 0 Å². The second-order valence-electron chi connectivity index (χ2n) is 6.50. The highest BCUT2D eigenvalue weighted by atomic mass is 35.5. The molecule has 7 heteroatoms. The summed E-state index contributed by atoms with van der Waals surface area (Å²) in [5.74, 6) is 0.803. The lowest BCUT2D eigenvalue weighted by atomic mass is 10.00. The van der Waals surface area contributed by atoms with Gasteiger partial charge in [-0.3, -0.25) is 4.98 Å². The van der Waals surface area contributed by atoms with Crippen LogP contribution in [-0.2, 0) is 0 Å². The van der Waals surface area contributed by atoms with Gasteiger partial charge in [0, 0.05) is 24.5 Å². The van der Waals surface area contributed by atoms with Crippen LogP contribution in [0.2, 0.25) is 5.02 Å². The Bertz CT molecular complexity index is 927. The van der Waals surface area contributed by atoms with Gasteiger partial charge in [-0.05, 0) is 56.1 Å². The van der Waals surface area contributed by atoms with Crippen molar-refractivity contribution in [2.45, 2.75) is 12.8 Å². The first-order valence-corrected chi connectivity index (χ1v) is 9.10. The van der Waals surface area contributed by atoms with Gasteiger partial charge in [0.1, 0.15) is 11.3 Å². The number of anilines is 1. The van der Waals surface area contributed by atoms with Gasteiger partial charge in [-0.1, -0.05) is 11.6 Å². The molecule has 2 N–H and O–H groups in total. The number of pyridine rings is 1. The minimum atomic E-state index is -0.445. The fourth-order valence-electron chi connectivity index (χ4n) is 3.24. The molecule has 0 bridgehead atoms. The monoisotopic (exact) mass is 371 g/mol. The molecule has 5 nitrogen and oxygen atoms in total. The summed E-state index contributed by atoms with van der Waals surface area (Å²) in [4.78, 5) is 13.5. The van der Waals surface area contributed by atoms with Gasteiger partial charge in [0.15, 0.2) is 5.82 Å². The fourth-order valence-corrected chi connectivity index (χ4v) is 3.42. The van der Waals surface area contributed by atoms with Crippen molar-refractivity contribution in [3.8, 4) is 11.3 Å². The molecule has 134 valence electrons. The first kappa shape index (κ1) is 17.1. The summed E-state index contributed by atoms with van der Waals surface area (Å²) in [5.41, 5.74) is 2.89. The van der Waals surface area contributed by atoms with Crippen LogP contribution in [0, 0.1) is 11.7 Å². The topological polar surface area (TPSA) is 62.7 Å². The molecule has 3 heterocycles. The number of benzene rings is 1. The van der Waals surface area contributed by atoms with E-state index in [4.69, 9.17) is 16.6 Å². The molecule has 1 unspecified atom stereocenters. The molecular formula is C19H19ClFN5. The van der Waals surface area contributed by atoms with Crippen molar-refractivity contribution in [3.63, 3.8) is 0 Å². The highest BCUT2D eigenvalue weighted by Crippen LogP contribution is 2.28. The number of nitrogens with zero attached hydrogens (tertiary/aromatic N) is 3. The highest BCUT2D eigenvalue weighted by Gasteiger charge is 2.15. The molecule has 3 aromatic rings. The minimum absolute atomic E-state index is 0.0753. The summed E-state index contributed by atoms with van der Waals surface area (Å²) in [6.07, 6.45) is 5.69. The molecule has 1 aliphatic rings. The second kappa shape index (κ2) is 7.51. The maximum absolute atomic E-state index is 13.5. The predicted octanol–water partition coefficient (Wildman–Crippen LogP) is 3.90. The van der Waals surface area contributed by atoms with Gasteiger partial charge in [0.05, 0.1) is 16.2 Å². The van der Waals surface area contributed by atoms with Gasteiger partial charge in [-0.25, -0.2) is 14.4 Å². The molecule has 1 aromatic carbocycles. The van der Waals surface area contributed by atoms with E-state index in [-0.39, 0.29) is 5.02 Å².